The number of hydrogen-bond donors (Lipinski definition) is 1. The number of nitrogens with one attached hydrogen (secondary N) is 1. The molecule has 0 amide bonds. The summed E-state index contributed by atoms with van der Waals surface area (Å²) >= 11 is 0. The van der Waals surface area contributed by atoms with Crippen LogP contribution in [-0.4, -0.2) is 11.5 Å². The van der Waals surface area contributed by atoms with Crippen LogP contribution in [-0.2, 0) is 0 Å². The monoisotopic (exact) mass is 204 g/mol. The molecule has 0 bridgehead atoms. The van der Waals surface area contributed by atoms with Gasteiger partial charge in [0, 0.05) is 23.7 Å². The van der Waals surface area contributed by atoms with Gasteiger partial charge >= 0.3 is 0 Å². The first-order valence-electron chi connectivity index (χ1n) is 4.61. The first kappa shape index (κ1) is 11.1. The first-order valence-corrected chi connectivity index (χ1v) is 4.61. The smallest absolute Gasteiger partial charge is 0.248 e. The van der Waals surface area contributed by atoms with E-state index in [4.69, 9.17) is 5.53 Å². The minimum atomic E-state index is -0.0984. The van der Waals surface area contributed by atoms with Crippen molar-refractivity contribution < 1.29 is 0 Å². The van der Waals surface area contributed by atoms with Gasteiger partial charge in [0.15, 0.2) is 0 Å². The van der Waals surface area contributed by atoms with Gasteiger partial charge in [0.25, 0.3) is 0 Å². The molecule has 5 nitrogen and oxygen atoms in total. The number of aryl methyl sites for hydroxylation is 1. The number of hydrogen-bond acceptors (Lipinski definition) is 2. The quantitative estimate of drug-likeness (QED) is 0.347. The number of H-pyrrole nitrogens is 1. The van der Waals surface area contributed by atoms with E-state index in [1.54, 1.807) is 12.3 Å². The van der Waals surface area contributed by atoms with Gasteiger partial charge in [0.2, 0.25) is 5.56 Å². The van der Waals surface area contributed by atoms with E-state index in [1.165, 1.54) is 0 Å². The lowest BCUT2D eigenvalue weighted by molar-refractivity contribution is 0.995. The van der Waals surface area contributed by atoms with Gasteiger partial charge in [0.05, 0.1) is 0 Å². The second-order valence-electron chi connectivity index (χ2n) is 3.08. The van der Waals surface area contributed by atoms with Crippen LogP contribution in [0.25, 0.3) is 16.5 Å². The summed E-state index contributed by atoms with van der Waals surface area (Å²) in [6.07, 6.45) is 6.18. The highest BCUT2D eigenvalue weighted by atomic mass is 16.1. The molecule has 15 heavy (non-hydrogen) atoms. The van der Waals surface area contributed by atoms with Crippen molar-refractivity contribution in [1.29, 1.82) is 0 Å². The number of azide groups is 1. The first-order chi connectivity index (χ1) is 7.24. The molecular formula is C10H12N4O. The Morgan fingerprint density at radius 2 is 2.47 bits per heavy atom. The number of aromatic amines is 1. The van der Waals surface area contributed by atoms with Crippen LogP contribution in [0.3, 0.4) is 0 Å². The van der Waals surface area contributed by atoms with Crippen molar-refractivity contribution in [2.45, 2.75) is 13.3 Å². The van der Waals surface area contributed by atoms with Crippen molar-refractivity contribution in [2.24, 2.45) is 5.11 Å². The van der Waals surface area contributed by atoms with E-state index in [2.05, 4.69) is 15.0 Å². The molecule has 0 aliphatic carbocycles. The standard InChI is InChI=1S/C10H12N4O/c1-8-6-10(15)12-7-9(8)4-2-3-5-13-14-11/h2,4,6-7H,3,5H2,1H3,(H,12,15). The van der Waals surface area contributed by atoms with Crippen molar-refractivity contribution >= 4 is 6.08 Å². The third kappa shape index (κ3) is 3.70. The molecule has 1 rings (SSSR count). The lowest BCUT2D eigenvalue weighted by Crippen LogP contribution is -2.04. The van der Waals surface area contributed by atoms with Crippen LogP contribution >= 0.6 is 0 Å². The molecule has 0 saturated carbocycles. The molecular weight excluding hydrogens is 192 g/mol. The van der Waals surface area contributed by atoms with E-state index in [1.807, 2.05) is 19.1 Å². The molecule has 0 unspecified atom stereocenters. The maximum Gasteiger partial charge on any atom is 0.248 e. The lowest BCUT2D eigenvalue weighted by atomic mass is 10.1. The summed E-state index contributed by atoms with van der Waals surface area (Å²) in [6, 6.07) is 1.55. The Balaban J connectivity index is 2.64. The SMILES string of the molecule is Cc1cc(=O)[nH]cc1C=CCCN=[N+]=[N-]. The highest BCUT2D eigenvalue weighted by Gasteiger charge is 1.93. The molecule has 78 valence electrons. The summed E-state index contributed by atoms with van der Waals surface area (Å²) in [7, 11) is 0. The molecule has 1 N–H and O–H groups in total. The average Bonchev–Trinajstić information content (AvgIpc) is 2.20. The molecule has 0 aliphatic rings. The van der Waals surface area contributed by atoms with Crippen LogP contribution < -0.4 is 5.56 Å². The third-order valence-corrected chi connectivity index (χ3v) is 1.93. The second-order valence-corrected chi connectivity index (χ2v) is 3.08. The minimum Gasteiger partial charge on any atom is -0.328 e. The van der Waals surface area contributed by atoms with Crippen molar-refractivity contribution in [3.8, 4) is 0 Å². The zero-order valence-corrected chi connectivity index (χ0v) is 8.47. The van der Waals surface area contributed by atoms with Crippen molar-refractivity contribution in [1.82, 2.24) is 4.98 Å². The predicted molar refractivity (Wildman–Crippen MR) is 59.5 cm³/mol. The fraction of sp³-hybridized carbons (Fsp3) is 0.300. The van der Waals surface area contributed by atoms with Gasteiger partial charge in [-0.15, -0.1) is 0 Å². The maximum absolute atomic E-state index is 10.9. The van der Waals surface area contributed by atoms with Gasteiger partial charge in [-0.05, 0) is 30.0 Å². The molecule has 0 atom stereocenters. The average molecular weight is 204 g/mol. The van der Waals surface area contributed by atoms with Crippen LogP contribution in [0.4, 0.5) is 0 Å². The summed E-state index contributed by atoms with van der Waals surface area (Å²) in [6.45, 7) is 2.33. The van der Waals surface area contributed by atoms with Crippen molar-refractivity contribution in [3.05, 3.63) is 50.3 Å². The molecule has 1 aromatic heterocycles. The summed E-state index contributed by atoms with van der Waals surface area (Å²) in [5.41, 5.74) is 9.85. The fourth-order valence-electron chi connectivity index (χ4n) is 1.15. The van der Waals surface area contributed by atoms with Crippen LogP contribution in [0.1, 0.15) is 17.5 Å². The Bertz CT molecular complexity index is 455. The van der Waals surface area contributed by atoms with E-state index in [9.17, 15) is 4.79 Å². The molecule has 0 spiro atoms. The zero-order valence-electron chi connectivity index (χ0n) is 8.47. The summed E-state index contributed by atoms with van der Waals surface area (Å²) in [5, 5.41) is 3.41. The lowest BCUT2D eigenvalue weighted by Gasteiger charge is -1.97. The minimum absolute atomic E-state index is 0.0984. The molecule has 1 aromatic rings. The second kappa shape index (κ2) is 5.67. The topological polar surface area (TPSA) is 81.6 Å². The van der Waals surface area contributed by atoms with E-state index in [-0.39, 0.29) is 5.56 Å². The Hall–Kier alpha value is -2.00. The van der Waals surface area contributed by atoms with Gasteiger partial charge < -0.3 is 4.98 Å². The predicted octanol–water partition coefficient (Wildman–Crippen LogP) is 2.40. The summed E-state index contributed by atoms with van der Waals surface area (Å²) in [5.74, 6) is 0. The van der Waals surface area contributed by atoms with Crippen LogP contribution in [0.5, 0.6) is 0 Å². The molecule has 0 fully saturated rings. The number of aromatic nitrogens is 1. The molecule has 0 saturated heterocycles. The zero-order chi connectivity index (χ0) is 11.1. The van der Waals surface area contributed by atoms with E-state index >= 15 is 0 Å². The van der Waals surface area contributed by atoms with E-state index < -0.39 is 0 Å². The number of pyridine rings is 1. The Labute approximate surface area is 87.1 Å². The van der Waals surface area contributed by atoms with E-state index in [0.29, 0.717) is 13.0 Å². The maximum atomic E-state index is 10.9. The number of rotatable bonds is 4. The molecule has 0 radical (unpaired) electrons. The Morgan fingerprint density at radius 1 is 1.67 bits per heavy atom. The number of nitrogens with zero attached hydrogens (tertiary/aromatic N) is 3. The van der Waals surface area contributed by atoms with Gasteiger partial charge in [-0.3, -0.25) is 4.79 Å². The van der Waals surface area contributed by atoms with Crippen LogP contribution in [0.2, 0.25) is 0 Å². The van der Waals surface area contributed by atoms with Crippen molar-refractivity contribution in [3.63, 3.8) is 0 Å². The Morgan fingerprint density at radius 3 is 3.13 bits per heavy atom. The highest BCUT2D eigenvalue weighted by Crippen LogP contribution is 2.05. The van der Waals surface area contributed by atoms with Gasteiger partial charge in [-0.1, -0.05) is 17.3 Å². The van der Waals surface area contributed by atoms with Crippen molar-refractivity contribution in [2.75, 3.05) is 6.54 Å². The summed E-state index contributed by atoms with van der Waals surface area (Å²) < 4.78 is 0. The van der Waals surface area contributed by atoms with Gasteiger partial charge in [-0.25, -0.2) is 0 Å². The normalized spacial score (nSPS) is 10.2. The fourth-order valence-corrected chi connectivity index (χ4v) is 1.15. The van der Waals surface area contributed by atoms with Crippen LogP contribution in [0.15, 0.2) is 28.2 Å². The summed E-state index contributed by atoms with van der Waals surface area (Å²) in [4.78, 5) is 16.2. The van der Waals surface area contributed by atoms with Crippen LogP contribution in [0, 0.1) is 6.92 Å². The molecule has 1 heterocycles. The van der Waals surface area contributed by atoms with E-state index in [0.717, 1.165) is 11.1 Å². The third-order valence-electron chi connectivity index (χ3n) is 1.93. The molecule has 0 aliphatic heterocycles. The van der Waals surface area contributed by atoms with Gasteiger partial charge in [-0.2, -0.15) is 0 Å². The Kier molecular flexibility index (Phi) is 4.19. The molecule has 5 heteroatoms. The molecule has 0 aromatic carbocycles. The van der Waals surface area contributed by atoms with Gasteiger partial charge in [0.1, 0.15) is 0 Å². The largest absolute Gasteiger partial charge is 0.328 e. The highest BCUT2D eigenvalue weighted by molar-refractivity contribution is 5.51.